The van der Waals surface area contributed by atoms with Gasteiger partial charge in [0.25, 0.3) is 0 Å². The summed E-state index contributed by atoms with van der Waals surface area (Å²) in [6.07, 6.45) is 3.01. The van der Waals surface area contributed by atoms with Crippen LogP contribution in [0.1, 0.15) is 44.5 Å². The highest BCUT2D eigenvalue weighted by atomic mass is 16.1. The molecular weight excluding hydrogens is 224 g/mol. The average Bonchev–Trinajstić information content (AvgIpc) is 2.34. The molecule has 0 aliphatic carbocycles. The van der Waals surface area contributed by atoms with Crippen LogP contribution in [0.5, 0.6) is 0 Å². The van der Waals surface area contributed by atoms with Crippen LogP contribution in [-0.2, 0) is 0 Å². The number of carbonyl (C=O) groups excluding carboxylic acids is 1. The van der Waals surface area contributed by atoms with Crippen LogP contribution in [0, 0.1) is 11.8 Å². The molecule has 0 N–H and O–H groups in total. The van der Waals surface area contributed by atoms with Crippen molar-refractivity contribution in [2.24, 2.45) is 11.8 Å². The Kier molecular flexibility index (Phi) is 3.69. The van der Waals surface area contributed by atoms with E-state index in [4.69, 9.17) is 0 Å². The summed E-state index contributed by atoms with van der Waals surface area (Å²) in [7, 11) is 0. The molecule has 1 fully saturated rings. The van der Waals surface area contributed by atoms with Crippen LogP contribution in [0.3, 0.4) is 0 Å². The first-order valence-corrected chi connectivity index (χ1v) is 6.72. The van der Waals surface area contributed by atoms with E-state index in [0.29, 0.717) is 17.9 Å². The van der Waals surface area contributed by atoms with Crippen molar-refractivity contribution in [3.05, 3.63) is 23.9 Å². The zero-order valence-corrected chi connectivity index (χ0v) is 11.7. The molecule has 0 spiro atoms. The highest BCUT2D eigenvalue weighted by Crippen LogP contribution is 2.30. The molecule has 1 aromatic rings. The number of pyridine rings is 1. The fourth-order valence-electron chi connectivity index (χ4n) is 2.81. The maximum absolute atomic E-state index is 11.4. The SMILES string of the molecule is CC(=O)c1ccnc(N2CC(C)CC(C)C2C)c1. The summed E-state index contributed by atoms with van der Waals surface area (Å²) < 4.78 is 0. The van der Waals surface area contributed by atoms with Gasteiger partial charge in [0.2, 0.25) is 0 Å². The quantitative estimate of drug-likeness (QED) is 0.752. The lowest BCUT2D eigenvalue weighted by Gasteiger charge is -2.42. The zero-order chi connectivity index (χ0) is 13.3. The summed E-state index contributed by atoms with van der Waals surface area (Å²) in [5, 5.41) is 0. The molecule has 0 aromatic carbocycles. The molecule has 0 amide bonds. The maximum Gasteiger partial charge on any atom is 0.159 e. The van der Waals surface area contributed by atoms with Crippen molar-refractivity contribution in [1.82, 2.24) is 4.98 Å². The summed E-state index contributed by atoms with van der Waals surface area (Å²) >= 11 is 0. The fourth-order valence-corrected chi connectivity index (χ4v) is 2.81. The lowest BCUT2D eigenvalue weighted by atomic mass is 9.86. The molecule has 3 atom stereocenters. The van der Waals surface area contributed by atoms with Crippen LogP contribution in [-0.4, -0.2) is 23.4 Å². The summed E-state index contributed by atoms with van der Waals surface area (Å²) in [6, 6.07) is 4.19. The first-order valence-electron chi connectivity index (χ1n) is 6.72. The molecule has 1 aliphatic rings. The molecule has 0 saturated carbocycles. The largest absolute Gasteiger partial charge is 0.353 e. The van der Waals surface area contributed by atoms with Gasteiger partial charge >= 0.3 is 0 Å². The number of piperidine rings is 1. The lowest BCUT2D eigenvalue weighted by Crippen LogP contribution is -2.46. The van der Waals surface area contributed by atoms with Crippen LogP contribution in [0.25, 0.3) is 0 Å². The van der Waals surface area contributed by atoms with Gasteiger partial charge in [0, 0.05) is 24.3 Å². The van der Waals surface area contributed by atoms with Crippen molar-refractivity contribution in [3.8, 4) is 0 Å². The molecule has 18 heavy (non-hydrogen) atoms. The zero-order valence-electron chi connectivity index (χ0n) is 11.7. The van der Waals surface area contributed by atoms with Crippen LogP contribution in [0.4, 0.5) is 5.82 Å². The minimum Gasteiger partial charge on any atom is -0.353 e. The Morgan fingerprint density at radius 3 is 2.78 bits per heavy atom. The molecule has 0 radical (unpaired) electrons. The number of Topliss-reactive ketones (excluding diaryl/α,β-unsaturated/α-hetero) is 1. The molecular formula is C15H22N2O. The average molecular weight is 246 g/mol. The molecule has 1 saturated heterocycles. The number of anilines is 1. The maximum atomic E-state index is 11.4. The topological polar surface area (TPSA) is 33.2 Å². The number of rotatable bonds is 2. The van der Waals surface area contributed by atoms with Gasteiger partial charge in [-0.1, -0.05) is 13.8 Å². The Bertz CT molecular complexity index is 444. The third kappa shape index (κ3) is 2.55. The van der Waals surface area contributed by atoms with Crippen LogP contribution in [0.2, 0.25) is 0 Å². The Labute approximate surface area is 109 Å². The van der Waals surface area contributed by atoms with Crippen LogP contribution < -0.4 is 4.90 Å². The van der Waals surface area contributed by atoms with Crippen molar-refractivity contribution < 1.29 is 4.79 Å². The molecule has 0 bridgehead atoms. The Morgan fingerprint density at radius 2 is 2.11 bits per heavy atom. The highest BCUT2D eigenvalue weighted by Gasteiger charge is 2.29. The number of hydrogen-bond acceptors (Lipinski definition) is 3. The van der Waals surface area contributed by atoms with E-state index in [0.717, 1.165) is 17.9 Å². The van der Waals surface area contributed by atoms with Crippen molar-refractivity contribution in [2.45, 2.75) is 40.2 Å². The predicted octanol–water partition coefficient (Wildman–Crippen LogP) is 3.16. The molecule has 98 valence electrons. The normalized spacial score (nSPS) is 28.2. The van der Waals surface area contributed by atoms with Crippen molar-refractivity contribution in [2.75, 3.05) is 11.4 Å². The van der Waals surface area contributed by atoms with Gasteiger partial charge in [-0.25, -0.2) is 4.98 Å². The highest BCUT2D eigenvalue weighted by molar-refractivity contribution is 5.94. The number of nitrogens with zero attached hydrogens (tertiary/aromatic N) is 2. The van der Waals surface area contributed by atoms with Gasteiger partial charge in [-0.15, -0.1) is 0 Å². The molecule has 3 nitrogen and oxygen atoms in total. The van der Waals surface area contributed by atoms with Gasteiger partial charge < -0.3 is 4.90 Å². The minimum atomic E-state index is 0.101. The van der Waals surface area contributed by atoms with Crippen molar-refractivity contribution in [3.63, 3.8) is 0 Å². The monoisotopic (exact) mass is 246 g/mol. The number of aromatic nitrogens is 1. The van der Waals surface area contributed by atoms with Gasteiger partial charge in [-0.05, 0) is 44.2 Å². The minimum absolute atomic E-state index is 0.101. The first kappa shape index (κ1) is 13.1. The smallest absolute Gasteiger partial charge is 0.159 e. The molecule has 3 unspecified atom stereocenters. The predicted molar refractivity (Wildman–Crippen MR) is 74.0 cm³/mol. The Balaban J connectivity index is 2.29. The molecule has 2 heterocycles. The Hall–Kier alpha value is -1.38. The molecule has 3 heteroatoms. The molecule has 2 rings (SSSR count). The lowest BCUT2D eigenvalue weighted by molar-refractivity contribution is 0.101. The molecule has 1 aromatic heterocycles. The number of ketones is 1. The third-order valence-electron chi connectivity index (χ3n) is 4.04. The van der Waals surface area contributed by atoms with E-state index >= 15 is 0 Å². The summed E-state index contributed by atoms with van der Waals surface area (Å²) in [4.78, 5) is 18.2. The second-order valence-corrected chi connectivity index (χ2v) is 5.67. The van der Waals surface area contributed by atoms with E-state index in [1.54, 1.807) is 19.2 Å². The number of carbonyl (C=O) groups is 1. The first-order chi connectivity index (χ1) is 8.49. The van der Waals surface area contributed by atoms with E-state index < -0.39 is 0 Å². The second-order valence-electron chi connectivity index (χ2n) is 5.67. The standard InChI is InChI=1S/C15H22N2O/c1-10-7-11(2)12(3)17(9-10)15-8-14(13(4)18)5-6-16-15/h5-6,8,10-12H,7,9H2,1-4H3. The van der Waals surface area contributed by atoms with E-state index in [1.807, 2.05) is 6.07 Å². The molecule has 1 aliphatic heterocycles. The van der Waals surface area contributed by atoms with E-state index in [2.05, 4.69) is 30.7 Å². The van der Waals surface area contributed by atoms with Crippen LogP contribution in [0.15, 0.2) is 18.3 Å². The van der Waals surface area contributed by atoms with Crippen molar-refractivity contribution >= 4 is 11.6 Å². The van der Waals surface area contributed by atoms with Gasteiger partial charge in [-0.3, -0.25) is 4.79 Å². The van der Waals surface area contributed by atoms with E-state index in [1.165, 1.54) is 6.42 Å². The summed E-state index contributed by atoms with van der Waals surface area (Å²) in [6.45, 7) is 9.45. The number of hydrogen-bond donors (Lipinski definition) is 0. The fraction of sp³-hybridized carbons (Fsp3) is 0.600. The van der Waals surface area contributed by atoms with Gasteiger partial charge in [0.15, 0.2) is 5.78 Å². The Morgan fingerprint density at radius 1 is 1.39 bits per heavy atom. The van der Waals surface area contributed by atoms with Crippen LogP contribution >= 0.6 is 0 Å². The second kappa shape index (κ2) is 5.09. The third-order valence-corrected chi connectivity index (χ3v) is 4.04. The van der Waals surface area contributed by atoms with E-state index in [9.17, 15) is 4.79 Å². The van der Waals surface area contributed by atoms with Gasteiger partial charge in [-0.2, -0.15) is 0 Å². The van der Waals surface area contributed by atoms with Crippen molar-refractivity contribution in [1.29, 1.82) is 0 Å². The van der Waals surface area contributed by atoms with Gasteiger partial charge in [0.1, 0.15) is 5.82 Å². The van der Waals surface area contributed by atoms with E-state index in [-0.39, 0.29) is 5.78 Å². The summed E-state index contributed by atoms with van der Waals surface area (Å²) in [5.41, 5.74) is 0.748. The van der Waals surface area contributed by atoms with Gasteiger partial charge in [0.05, 0.1) is 0 Å². The summed E-state index contributed by atoms with van der Waals surface area (Å²) in [5.74, 6) is 2.38.